The van der Waals surface area contributed by atoms with E-state index in [-0.39, 0.29) is 0 Å². The lowest BCUT2D eigenvalue weighted by Gasteiger charge is -2.14. The molecule has 0 bridgehead atoms. The average Bonchev–Trinajstić information content (AvgIpc) is 3.84. The molecule has 0 fully saturated rings. The number of para-hydroxylation sites is 4. The lowest BCUT2D eigenvalue weighted by Crippen LogP contribution is -1.87. The summed E-state index contributed by atoms with van der Waals surface area (Å²) in [7, 11) is 0. The first-order chi connectivity index (χ1) is 27.6. The summed E-state index contributed by atoms with van der Waals surface area (Å²) < 4.78 is 13.6. The van der Waals surface area contributed by atoms with Gasteiger partial charge in [-0.3, -0.25) is 0 Å². The second-order valence-electron chi connectivity index (χ2n) is 14.1. The number of hydrogen-bond acceptors (Lipinski definition) is 4. The standard InChI is InChI=1S/C52H36N2O2/c1-3-31(25-27-53)35-13-7-17-43-45-19-9-15-37(51(45)55-49(35)43)33-21-23-41-39-11-5-6-12-40(39)42-24-22-34(30-48(42)47(41)29-33)38-16-10-20-46-44-18-8-14-36(32(4-2)26-28-54)50(44)56-52(38)46/h3-30,53H,1,54H2,2H3/b28-26-,31-25+,32-4+,53-27?. The Labute approximate surface area is 323 Å². The van der Waals surface area contributed by atoms with Crippen LogP contribution in [-0.4, -0.2) is 6.21 Å². The van der Waals surface area contributed by atoms with Crippen molar-refractivity contribution in [3.8, 4) is 22.3 Å². The van der Waals surface area contributed by atoms with E-state index in [1.54, 1.807) is 18.4 Å². The van der Waals surface area contributed by atoms with E-state index in [9.17, 15) is 0 Å². The molecular formula is C52H36N2O2. The molecule has 2 aromatic heterocycles. The predicted molar refractivity (Wildman–Crippen MR) is 238 cm³/mol. The first-order valence-corrected chi connectivity index (χ1v) is 18.8. The van der Waals surface area contributed by atoms with Gasteiger partial charge in [0.05, 0.1) is 0 Å². The molecule has 0 unspecified atom stereocenters. The summed E-state index contributed by atoms with van der Waals surface area (Å²) >= 11 is 0. The zero-order chi connectivity index (χ0) is 37.9. The average molecular weight is 721 g/mol. The van der Waals surface area contributed by atoms with E-state index in [0.29, 0.717) is 0 Å². The Kier molecular flexibility index (Phi) is 7.79. The van der Waals surface area contributed by atoms with Crippen LogP contribution in [0.1, 0.15) is 18.1 Å². The van der Waals surface area contributed by atoms with Gasteiger partial charge in [-0.2, -0.15) is 0 Å². The van der Waals surface area contributed by atoms with Crippen LogP contribution >= 0.6 is 0 Å². The van der Waals surface area contributed by atoms with Gasteiger partial charge in [0, 0.05) is 50.0 Å². The van der Waals surface area contributed by atoms with Crippen molar-refractivity contribution in [1.82, 2.24) is 0 Å². The Bertz CT molecular complexity index is 3370. The molecule has 3 N–H and O–H groups in total. The Hall–Kier alpha value is -7.43. The highest BCUT2D eigenvalue weighted by Gasteiger charge is 2.19. The van der Waals surface area contributed by atoms with Crippen molar-refractivity contribution in [1.29, 1.82) is 5.41 Å². The van der Waals surface area contributed by atoms with Crippen LogP contribution in [0, 0.1) is 5.41 Å². The molecule has 10 rings (SSSR count). The smallest absolute Gasteiger partial charge is 0.143 e. The minimum absolute atomic E-state index is 0.787. The molecular weight excluding hydrogens is 685 g/mol. The van der Waals surface area contributed by atoms with Gasteiger partial charge in [0.1, 0.15) is 22.3 Å². The SMILES string of the molecule is C=C/C(=C\C=N)c1cccc2c1oc1c(-c3ccc4c5ccccc5c5ccc(-c6cccc7c6oc6c(C(/C=C\N)=C/C)cccc67)cc5c4c3)cccc12. The minimum Gasteiger partial charge on any atom is -0.455 e. The summed E-state index contributed by atoms with van der Waals surface area (Å²) in [6, 6.07) is 47.5. The highest BCUT2D eigenvalue weighted by Crippen LogP contribution is 2.44. The van der Waals surface area contributed by atoms with E-state index >= 15 is 0 Å². The van der Waals surface area contributed by atoms with E-state index in [4.69, 9.17) is 20.0 Å². The monoisotopic (exact) mass is 720 g/mol. The summed E-state index contributed by atoms with van der Waals surface area (Å²) in [6.45, 7) is 6.02. The Balaban J connectivity index is 1.21. The van der Waals surface area contributed by atoms with Gasteiger partial charge >= 0.3 is 0 Å². The van der Waals surface area contributed by atoms with E-state index in [0.717, 1.165) is 88.4 Å². The molecule has 266 valence electrons. The first-order valence-electron chi connectivity index (χ1n) is 18.8. The summed E-state index contributed by atoms with van der Waals surface area (Å²) in [5.74, 6) is 0. The minimum atomic E-state index is 0.787. The van der Waals surface area contributed by atoms with Gasteiger partial charge in [-0.15, -0.1) is 0 Å². The molecule has 8 aromatic carbocycles. The molecule has 2 heterocycles. The largest absolute Gasteiger partial charge is 0.455 e. The van der Waals surface area contributed by atoms with Crippen molar-refractivity contribution in [2.24, 2.45) is 5.73 Å². The van der Waals surface area contributed by atoms with E-state index in [2.05, 4.69) is 134 Å². The second kappa shape index (κ2) is 13.2. The fourth-order valence-electron chi connectivity index (χ4n) is 8.64. The highest BCUT2D eigenvalue weighted by atomic mass is 16.3. The molecule has 0 aliphatic heterocycles. The number of fused-ring (bicyclic) bond motifs is 12. The number of furan rings is 2. The molecule has 4 nitrogen and oxygen atoms in total. The van der Waals surface area contributed by atoms with Crippen LogP contribution in [0.5, 0.6) is 0 Å². The molecule has 4 heteroatoms. The molecule has 0 atom stereocenters. The molecule has 10 aromatic rings. The number of hydrogen-bond donors (Lipinski definition) is 2. The first kappa shape index (κ1) is 33.2. The van der Waals surface area contributed by atoms with Crippen LogP contribution in [-0.2, 0) is 0 Å². The van der Waals surface area contributed by atoms with Gasteiger partial charge in [-0.25, -0.2) is 0 Å². The third-order valence-electron chi connectivity index (χ3n) is 11.2. The third kappa shape index (κ3) is 4.96. The fraction of sp³-hybridized carbons (Fsp3) is 0.0192. The number of rotatable bonds is 7. The van der Waals surface area contributed by atoms with Gasteiger partial charge in [0.2, 0.25) is 0 Å². The molecule has 56 heavy (non-hydrogen) atoms. The van der Waals surface area contributed by atoms with Crippen molar-refractivity contribution in [2.75, 3.05) is 0 Å². The van der Waals surface area contributed by atoms with Crippen LogP contribution in [0.4, 0.5) is 0 Å². The lowest BCUT2D eigenvalue weighted by atomic mass is 9.90. The van der Waals surface area contributed by atoms with Crippen molar-refractivity contribution in [2.45, 2.75) is 6.92 Å². The Morgan fingerprint density at radius 2 is 0.964 bits per heavy atom. The van der Waals surface area contributed by atoms with E-state index < -0.39 is 0 Å². The summed E-state index contributed by atoms with van der Waals surface area (Å²) in [5.41, 5.74) is 17.2. The van der Waals surface area contributed by atoms with E-state index in [1.165, 1.54) is 38.5 Å². The van der Waals surface area contributed by atoms with E-state index in [1.807, 2.05) is 25.1 Å². The number of nitrogens with two attached hydrogens (primary N) is 1. The molecule has 0 radical (unpaired) electrons. The number of benzene rings is 8. The van der Waals surface area contributed by atoms with Gasteiger partial charge in [-0.1, -0.05) is 140 Å². The highest BCUT2D eigenvalue weighted by molar-refractivity contribution is 6.27. The summed E-state index contributed by atoms with van der Waals surface area (Å²) in [5, 5.41) is 19.1. The van der Waals surface area contributed by atoms with Gasteiger partial charge in [0.15, 0.2) is 0 Å². The van der Waals surface area contributed by atoms with Crippen LogP contribution < -0.4 is 5.73 Å². The molecule has 0 amide bonds. The summed E-state index contributed by atoms with van der Waals surface area (Å²) in [6.07, 6.45) is 10.3. The normalized spacial score (nSPS) is 12.7. The maximum atomic E-state index is 7.69. The van der Waals surface area contributed by atoms with Gasteiger partial charge in [-0.05, 0) is 92.0 Å². The summed E-state index contributed by atoms with van der Waals surface area (Å²) in [4.78, 5) is 0. The zero-order valence-electron chi connectivity index (χ0n) is 30.8. The zero-order valence-corrected chi connectivity index (χ0v) is 30.8. The van der Waals surface area contributed by atoms with Gasteiger partial charge in [0.25, 0.3) is 0 Å². The van der Waals surface area contributed by atoms with Crippen molar-refractivity contribution in [3.05, 3.63) is 182 Å². The number of nitrogens with one attached hydrogen (secondary N) is 1. The maximum absolute atomic E-state index is 7.69. The molecule has 0 saturated heterocycles. The quantitative estimate of drug-likeness (QED) is 0.0977. The molecule has 0 spiro atoms. The lowest BCUT2D eigenvalue weighted by molar-refractivity contribution is 0.668. The van der Waals surface area contributed by atoms with Crippen molar-refractivity contribution in [3.63, 3.8) is 0 Å². The fourth-order valence-corrected chi connectivity index (χ4v) is 8.64. The van der Waals surface area contributed by atoms with Crippen LogP contribution in [0.15, 0.2) is 179 Å². The Morgan fingerprint density at radius 1 is 0.518 bits per heavy atom. The van der Waals surface area contributed by atoms with Crippen molar-refractivity contribution >= 4 is 93.6 Å². The van der Waals surface area contributed by atoms with Crippen molar-refractivity contribution < 1.29 is 8.83 Å². The molecule has 0 aliphatic carbocycles. The predicted octanol–water partition coefficient (Wildman–Crippen LogP) is 14.4. The van der Waals surface area contributed by atoms with Gasteiger partial charge < -0.3 is 20.0 Å². The topological polar surface area (TPSA) is 76.2 Å². The van der Waals surface area contributed by atoms with Crippen LogP contribution in [0.3, 0.4) is 0 Å². The molecule has 0 saturated carbocycles. The number of allylic oxidation sites excluding steroid dienone is 6. The Morgan fingerprint density at radius 3 is 1.43 bits per heavy atom. The second-order valence-corrected chi connectivity index (χ2v) is 14.1. The molecule has 0 aliphatic rings. The van der Waals surface area contributed by atoms with Crippen LogP contribution in [0.2, 0.25) is 0 Å². The third-order valence-corrected chi connectivity index (χ3v) is 11.2. The van der Waals surface area contributed by atoms with Crippen LogP contribution in [0.25, 0.3) is 110 Å². The maximum Gasteiger partial charge on any atom is 0.143 e.